The van der Waals surface area contributed by atoms with E-state index in [1.165, 1.54) is 24.4 Å². The lowest BCUT2D eigenvalue weighted by molar-refractivity contribution is -0.182. The molecule has 0 aliphatic heterocycles. The highest BCUT2D eigenvalue weighted by Crippen LogP contribution is 2.55. The second-order valence-electron chi connectivity index (χ2n) is 10.8. The van der Waals surface area contributed by atoms with Crippen LogP contribution in [0.3, 0.4) is 0 Å². The summed E-state index contributed by atoms with van der Waals surface area (Å²) in [4.78, 5) is 4.38. The molecular weight excluding hydrogens is 584 g/mol. The number of nitriles is 2. The fourth-order valence-electron chi connectivity index (χ4n) is 5.37. The molecule has 0 amide bonds. The highest BCUT2D eigenvalue weighted by molar-refractivity contribution is 5.99. The molecule has 12 heteroatoms. The SMILES string of the molecule is [2H][C@](Nc1cc(C#N)c2ncc(C#N)c(N[C@H](CC)c3ccccc3)c2c1)(c1ccc(F)cc1)c1cn(C2(C(F)(F)F)CC2)nn1. The molecule has 1 aliphatic carbocycles. The predicted molar refractivity (Wildman–Crippen MR) is 159 cm³/mol. The molecule has 5 aromatic rings. The topological polar surface area (TPSA) is 115 Å². The number of fused-ring (bicyclic) bond motifs is 1. The van der Waals surface area contributed by atoms with Gasteiger partial charge in [0, 0.05) is 17.3 Å². The lowest BCUT2D eigenvalue weighted by atomic mass is 10.00. The van der Waals surface area contributed by atoms with Crippen molar-refractivity contribution >= 4 is 22.3 Å². The van der Waals surface area contributed by atoms with Crippen molar-refractivity contribution in [2.75, 3.05) is 10.6 Å². The van der Waals surface area contributed by atoms with Crippen molar-refractivity contribution in [2.24, 2.45) is 0 Å². The predicted octanol–water partition coefficient (Wildman–Crippen LogP) is 7.52. The first-order chi connectivity index (χ1) is 22.0. The van der Waals surface area contributed by atoms with Gasteiger partial charge in [0.1, 0.15) is 23.6 Å². The smallest absolute Gasteiger partial charge is 0.377 e. The van der Waals surface area contributed by atoms with Gasteiger partial charge in [0.15, 0.2) is 5.54 Å². The number of alkyl halides is 3. The Morgan fingerprint density at radius 1 is 1.00 bits per heavy atom. The van der Waals surface area contributed by atoms with E-state index >= 15 is 0 Å². The summed E-state index contributed by atoms with van der Waals surface area (Å²) in [5.41, 5.74) is 0.0531. The number of pyridine rings is 1. The molecule has 2 N–H and O–H groups in total. The van der Waals surface area contributed by atoms with Crippen molar-refractivity contribution < 1.29 is 18.9 Å². The number of benzene rings is 3. The molecule has 1 saturated carbocycles. The van der Waals surface area contributed by atoms with Crippen molar-refractivity contribution in [3.8, 4) is 12.1 Å². The standard InChI is InChI=1S/C33H26F4N8/c1-2-27(20-6-4-3-5-7-20)42-30-23(17-39)18-40-29-22(16-38)14-25(15-26(29)30)41-31(21-8-10-24(34)11-9-21)28-19-45(44-43-28)32(12-13-32)33(35,36)37/h3-11,14-15,18-19,27,31,41H,2,12-13H2,1H3,(H,40,42)/t27-,31+/m1/s1/i31D. The van der Waals surface area contributed by atoms with E-state index in [0.717, 1.165) is 28.6 Å². The lowest BCUT2D eigenvalue weighted by Gasteiger charge is -2.23. The van der Waals surface area contributed by atoms with Gasteiger partial charge in [0.2, 0.25) is 0 Å². The number of hydrogen-bond donors (Lipinski definition) is 2. The van der Waals surface area contributed by atoms with Gasteiger partial charge in [-0.15, -0.1) is 5.10 Å². The van der Waals surface area contributed by atoms with E-state index in [1.807, 2.05) is 37.3 Å². The van der Waals surface area contributed by atoms with Crippen LogP contribution in [-0.2, 0) is 5.54 Å². The van der Waals surface area contributed by atoms with Gasteiger partial charge < -0.3 is 10.6 Å². The summed E-state index contributed by atoms with van der Waals surface area (Å²) in [6.07, 6.45) is -1.79. The Morgan fingerprint density at radius 3 is 2.33 bits per heavy atom. The van der Waals surface area contributed by atoms with Crippen LogP contribution in [0.25, 0.3) is 10.9 Å². The van der Waals surface area contributed by atoms with E-state index in [-0.39, 0.29) is 47.0 Å². The molecule has 0 bridgehead atoms. The summed E-state index contributed by atoms with van der Waals surface area (Å²) in [6.45, 7) is 1.99. The summed E-state index contributed by atoms with van der Waals surface area (Å²) in [5.74, 6) is -0.573. The van der Waals surface area contributed by atoms with Gasteiger partial charge in [-0.25, -0.2) is 9.07 Å². The second-order valence-corrected chi connectivity index (χ2v) is 10.8. The van der Waals surface area contributed by atoms with Gasteiger partial charge in [-0.2, -0.15) is 23.7 Å². The van der Waals surface area contributed by atoms with Gasteiger partial charge in [0.25, 0.3) is 0 Å². The van der Waals surface area contributed by atoms with E-state index in [9.17, 15) is 29.5 Å². The summed E-state index contributed by atoms with van der Waals surface area (Å²) < 4.78 is 65.9. The number of halogens is 4. The van der Waals surface area contributed by atoms with Crippen LogP contribution in [-0.4, -0.2) is 26.2 Å². The molecule has 1 fully saturated rings. The zero-order chi connectivity index (χ0) is 32.7. The first kappa shape index (κ1) is 28.3. The lowest BCUT2D eigenvalue weighted by Crippen LogP contribution is -2.35. The van der Waals surface area contributed by atoms with Crippen LogP contribution in [0.2, 0.25) is 0 Å². The van der Waals surface area contributed by atoms with Crippen LogP contribution < -0.4 is 10.6 Å². The highest BCUT2D eigenvalue weighted by atomic mass is 19.4. The Bertz CT molecular complexity index is 1990. The quantitative estimate of drug-likeness (QED) is 0.166. The molecule has 0 radical (unpaired) electrons. The minimum absolute atomic E-state index is 0.124. The van der Waals surface area contributed by atoms with Gasteiger partial charge in [-0.05, 0) is 54.7 Å². The number of rotatable bonds is 9. The third-order valence-electron chi connectivity index (χ3n) is 7.98. The molecule has 8 nitrogen and oxygen atoms in total. The minimum atomic E-state index is -4.57. The van der Waals surface area contributed by atoms with Crippen molar-refractivity contribution in [3.63, 3.8) is 0 Å². The average Bonchev–Trinajstić information content (AvgIpc) is 3.73. The Labute approximate surface area is 257 Å². The minimum Gasteiger partial charge on any atom is -0.377 e. The Morgan fingerprint density at radius 2 is 1.71 bits per heavy atom. The van der Waals surface area contributed by atoms with Gasteiger partial charge in [-0.1, -0.05) is 54.6 Å². The van der Waals surface area contributed by atoms with Crippen molar-refractivity contribution in [1.82, 2.24) is 20.0 Å². The van der Waals surface area contributed by atoms with E-state index in [4.69, 9.17) is 0 Å². The van der Waals surface area contributed by atoms with E-state index < -0.39 is 23.6 Å². The monoisotopic (exact) mass is 611 g/mol. The number of hydrogen-bond acceptors (Lipinski definition) is 7. The maximum Gasteiger partial charge on any atom is 0.413 e. The normalized spacial score (nSPS) is 16.1. The van der Waals surface area contributed by atoms with Gasteiger partial charge in [0.05, 0.1) is 42.0 Å². The number of nitrogens with zero attached hydrogens (tertiary/aromatic N) is 6. The molecular formula is C33H26F4N8. The molecule has 1 aliphatic rings. The third kappa shape index (κ3) is 5.51. The summed E-state index contributed by atoms with van der Waals surface area (Å²) in [5, 5.41) is 34.7. The molecule has 45 heavy (non-hydrogen) atoms. The van der Waals surface area contributed by atoms with Crippen LogP contribution in [0.15, 0.2) is 79.1 Å². The molecule has 6 rings (SSSR count). The Kier molecular flexibility index (Phi) is 7.26. The second kappa shape index (κ2) is 11.5. The molecule has 0 spiro atoms. The number of anilines is 2. The van der Waals surface area contributed by atoms with Gasteiger partial charge in [-0.3, -0.25) is 4.98 Å². The fraction of sp³-hybridized carbons (Fsp3) is 0.242. The largest absolute Gasteiger partial charge is 0.413 e. The van der Waals surface area contributed by atoms with Crippen molar-refractivity contribution in [1.29, 1.82) is 10.5 Å². The van der Waals surface area contributed by atoms with Crippen LogP contribution in [0, 0.1) is 28.5 Å². The van der Waals surface area contributed by atoms with Gasteiger partial charge >= 0.3 is 6.18 Å². The molecule has 2 aromatic heterocycles. The zero-order valence-corrected chi connectivity index (χ0v) is 23.9. The van der Waals surface area contributed by atoms with Crippen LogP contribution in [0.1, 0.15) is 67.6 Å². The van der Waals surface area contributed by atoms with Crippen LogP contribution in [0.4, 0.5) is 28.9 Å². The fourth-order valence-corrected chi connectivity index (χ4v) is 5.37. The average molecular weight is 612 g/mol. The maximum atomic E-state index is 13.9. The zero-order valence-electron chi connectivity index (χ0n) is 24.9. The summed E-state index contributed by atoms with van der Waals surface area (Å²) in [7, 11) is 0. The number of nitrogens with one attached hydrogen (secondary N) is 2. The van der Waals surface area contributed by atoms with E-state index in [1.54, 1.807) is 6.07 Å². The molecule has 2 atom stereocenters. The van der Waals surface area contributed by atoms with Crippen molar-refractivity contribution in [3.05, 3.63) is 113 Å². The summed E-state index contributed by atoms with van der Waals surface area (Å²) >= 11 is 0. The Balaban J connectivity index is 1.49. The van der Waals surface area contributed by atoms with E-state index in [0.29, 0.717) is 23.0 Å². The summed E-state index contributed by atoms with van der Waals surface area (Å²) in [6, 6.07) is 19.6. The first-order valence-corrected chi connectivity index (χ1v) is 14.2. The number of aromatic nitrogens is 4. The molecule has 0 saturated heterocycles. The molecule has 0 unspecified atom stereocenters. The van der Waals surface area contributed by atoms with E-state index in [2.05, 4.69) is 38.1 Å². The first-order valence-electron chi connectivity index (χ1n) is 14.7. The molecule has 226 valence electrons. The molecule has 3 aromatic carbocycles. The molecule has 2 heterocycles. The Hall–Kier alpha value is -5.49. The maximum absolute atomic E-state index is 13.9. The van der Waals surface area contributed by atoms with Crippen molar-refractivity contribution in [2.45, 2.75) is 50.0 Å². The third-order valence-corrected chi connectivity index (χ3v) is 7.98. The van der Waals surface area contributed by atoms with Crippen LogP contribution in [0.5, 0.6) is 0 Å². The highest BCUT2D eigenvalue weighted by Gasteiger charge is 2.66. The van der Waals surface area contributed by atoms with Crippen LogP contribution >= 0.6 is 0 Å².